The van der Waals surface area contributed by atoms with E-state index in [9.17, 15) is 9.59 Å². The van der Waals surface area contributed by atoms with E-state index in [1.165, 1.54) is 14.2 Å². The Morgan fingerprint density at radius 1 is 0.839 bits per heavy atom. The molecule has 0 bridgehead atoms. The topological polar surface area (TPSA) is 86.8 Å². The van der Waals surface area contributed by atoms with Gasteiger partial charge in [-0.25, -0.2) is 4.98 Å². The van der Waals surface area contributed by atoms with Crippen molar-refractivity contribution in [3.8, 4) is 28.5 Å². The fourth-order valence-electron chi connectivity index (χ4n) is 3.02. The Balaban J connectivity index is 1.75. The van der Waals surface area contributed by atoms with E-state index in [0.717, 1.165) is 11.1 Å². The summed E-state index contributed by atoms with van der Waals surface area (Å²) >= 11 is 0. The van der Waals surface area contributed by atoms with Crippen molar-refractivity contribution >= 4 is 11.7 Å². The molecule has 0 fully saturated rings. The number of hydrogen-bond acceptors (Lipinski definition) is 6. The van der Waals surface area contributed by atoms with Gasteiger partial charge < -0.3 is 19.5 Å². The number of carbonyl (C=O) groups is 2. The molecule has 0 radical (unpaired) electrons. The quantitative estimate of drug-likeness (QED) is 0.559. The molecule has 0 aliphatic rings. The number of amides is 1. The molecule has 1 amide bonds. The van der Waals surface area contributed by atoms with Crippen LogP contribution in [0, 0.1) is 6.92 Å². The molecule has 31 heavy (non-hydrogen) atoms. The van der Waals surface area contributed by atoms with Crippen LogP contribution in [0.2, 0.25) is 0 Å². The van der Waals surface area contributed by atoms with Crippen molar-refractivity contribution in [2.24, 2.45) is 0 Å². The molecule has 1 N–H and O–H groups in total. The molecular weight excluding hydrogens is 396 g/mol. The van der Waals surface area contributed by atoms with Gasteiger partial charge in [0, 0.05) is 11.1 Å². The van der Waals surface area contributed by atoms with E-state index in [0.29, 0.717) is 28.5 Å². The van der Waals surface area contributed by atoms with Gasteiger partial charge in [-0.3, -0.25) is 9.59 Å². The molecule has 0 aliphatic heterocycles. The first-order valence-electron chi connectivity index (χ1n) is 9.62. The van der Waals surface area contributed by atoms with Gasteiger partial charge in [0.25, 0.3) is 5.91 Å². The summed E-state index contributed by atoms with van der Waals surface area (Å²) in [7, 11) is 4.56. The van der Waals surface area contributed by atoms with Gasteiger partial charge >= 0.3 is 0 Å². The van der Waals surface area contributed by atoms with Crippen molar-refractivity contribution < 1.29 is 23.8 Å². The Labute approximate surface area is 181 Å². The van der Waals surface area contributed by atoms with Crippen molar-refractivity contribution in [3.63, 3.8) is 0 Å². The molecule has 0 spiro atoms. The average Bonchev–Trinajstić information content (AvgIpc) is 2.81. The molecule has 3 aromatic rings. The normalized spacial score (nSPS) is 10.3. The lowest BCUT2D eigenvalue weighted by molar-refractivity contribution is 0.0902. The maximum absolute atomic E-state index is 12.7. The molecule has 0 aliphatic carbocycles. The Kier molecular flexibility index (Phi) is 6.87. The van der Waals surface area contributed by atoms with Crippen LogP contribution in [-0.4, -0.2) is 44.5 Å². The lowest BCUT2D eigenvalue weighted by atomic mass is 10.1. The number of benzene rings is 2. The highest BCUT2D eigenvalue weighted by Crippen LogP contribution is 2.29. The third-order valence-electron chi connectivity index (χ3n) is 4.74. The fraction of sp³-hybridized carbons (Fsp3) is 0.208. The van der Waals surface area contributed by atoms with Crippen molar-refractivity contribution in [2.75, 3.05) is 27.9 Å². The van der Waals surface area contributed by atoms with Crippen LogP contribution in [0.5, 0.6) is 17.2 Å². The van der Waals surface area contributed by atoms with Gasteiger partial charge in [-0.2, -0.15) is 0 Å². The average molecular weight is 420 g/mol. The van der Waals surface area contributed by atoms with Gasteiger partial charge in [0.15, 0.2) is 17.3 Å². The van der Waals surface area contributed by atoms with Gasteiger partial charge in [-0.1, -0.05) is 29.8 Å². The SMILES string of the molecule is COc1ccc(C(=O)NCC(=O)c2ccc(OC)c(-c3ccc(C)cc3)n2)cc1OC. The fourth-order valence-corrected chi connectivity index (χ4v) is 3.02. The van der Waals surface area contributed by atoms with Crippen LogP contribution < -0.4 is 19.5 Å². The number of hydrogen-bond donors (Lipinski definition) is 1. The van der Waals surface area contributed by atoms with Crippen LogP contribution in [0.4, 0.5) is 0 Å². The van der Waals surface area contributed by atoms with Crippen molar-refractivity contribution in [1.82, 2.24) is 10.3 Å². The Bertz CT molecular complexity index is 1090. The Morgan fingerprint density at radius 2 is 1.48 bits per heavy atom. The maximum atomic E-state index is 12.7. The molecule has 1 heterocycles. The summed E-state index contributed by atoms with van der Waals surface area (Å²) in [6, 6.07) is 15.9. The highest BCUT2D eigenvalue weighted by atomic mass is 16.5. The maximum Gasteiger partial charge on any atom is 0.251 e. The molecule has 3 rings (SSSR count). The summed E-state index contributed by atoms with van der Waals surface area (Å²) in [6.07, 6.45) is 0. The summed E-state index contributed by atoms with van der Waals surface area (Å²) in [6.45, 7) is 1.80. The number of Topliss-reactive ketones (excluding diaryl/α,β-unsaturated/α-hetero) is 1. The van der Waals surface area contributed by atoms with Crippen LogP contribution in [-0.2, 0) is 0 Å². The van der Waals surface area contributed by atoms with Crippen LogP contribution in [0.15, 0.2) is 54.6 Å². The number of pyridine rings is 1. The first-order chi connectivity index (χ1) is 15.0. The van der Waals surface area contributed by atoms with Crippen LogP contribution in [0.1, 0.15) is 26.4 Å². The van der Waals surface area contributed by atoms with E-state index in [2.05, 4.69) is 10.3 Å². The number of nitrogens with one attached hydrogen (secondary N) is 1. The van der Waals surface area contributed by atoms with E-state index in [4.69, 9.17) is 14.2 Å². The number of carbonyl (C=O) groups excluding carboxylic acids is 2. The second-order valence-electron chi connectivity index (χ2n) is 6.79. The van der Waals surface area contributed by atoms with E-state index in [1.54, 1.807) is 37.4 Å². The van der Waals surface area contributed by atoms with Crippen molar-refractivity contribution in [3.05, 3.63) is 71.4 Å². The number of aromatic nitrogens is 1. The lowest BCUT2D eigenvalue weighted by Crippen LogP contribution is -2.30. The zero-order valence-electron chi connectivity index (χ0n) is 17.9. The Hall–Kier alpha value is -3.87. The molecule has 1 aromatic heterocycles. The molecule has 0 saturated heterocycles. The third-order valence-corrected chi connectivity index (χ3v) is 4.74. The van der Waals surface area contributed by atoms with Crippen LogP contribution in [0.3, 0.4) is 0 Å². The summed E-state index contributed by atoms with van der Waals surface area (Å²) in [4.78, 5) is 29.6. The highest BCUT2D eigenvalue weighted by molar-refractivity contribution is 6.01. The van der Waals surface area contributed by atoms with E-state index in [-0.39, 0.29) is 18.0 Å². The van der Waals surface area contributed by atoms with E-state index < -0.39 is 5.91 Å². The zero-order chi connectivity index (χ0) is 22.4. The van der Waals surface area contributed by atoms with Crippen molar-refractivity contribution in [1.29, 1.82) is 0 Å². The molecule has 7 heteroatoms. The summed E-state index contributed by atoms with van der Waals surface area (Å²) < 4.78 is 15.8. The van der Waals surface area contributed by atoms with Gasteiger partial charge in [-0.15, -0.1) is 0 Å². The number of ether oxygens (including phenoxy) is 3. The smallest absolute Gasteiger partial charge is 0.251 e. The molecule has 0 atom stereocenters. The van der Waals surface area contributed by atoms with Crippen LogP contribution >= 0.6 is 0 Å². The zero-order valence-corrected chi connectivity index (χ0v) is 17.9. The minimum absolute atomic E-state index is 0.195. The largest absolute Gasteiger partial charge is 0.494 e. The minimum atomic E-state index is -0.401. The monoisotopic (exact) mass is 420 g/mol. The summed E-state index contributed by atoms with van der Waals surface area (Å²) in [5.74, 6) is 0.795. The Morgan fingerprint density at radius 3 is 2.13 bits per heavy atom. The molecular formula is C24H24N2O5. The lowest BCUT2D eigenvalue weighted by Gasteiger charge is -2.11. The molecule has 2 aromatic carbocycles. The van der Waals surface area contributed by atoms with E-state index in [1.807, 2.05) is 31.2 Å². The second kappa shape index (κ2) is 9.75. The number of aryl methyl sites for hydroxylation is 1. The molecule has 0 saturated carbocycles. The molecule has 7 nitrogen and oxygen atoms in total. The third kappa shape index (κ3) is 5.01. The van der Waals surface area contributed by atoms with Crippen LogP contribution in [0.25, 0.3) is 11.3 Å². The van der Waals surface area contributed by atoms with Crippen molar-refractivity contribution in [2.45, 2.75) is 6.92 Å². The van der Waals surface area contributed by atoms with Gasteiger partial charge in [-0.05, 0) is 37.3 Å². The minimum Gasteiger partial charge on any atom is -0.494 e. The summed E-state index contributed by atoms with van der Waals surface area (Å²) in [5, 5.41) is 2.63. The van der Waals surface area contributed by atoms with Gasteiger partial charge in [0.1, 0.15) is 17.1 Å². The standard InChI is InChI=1S/C24H24N2O5/c1-15-5-7-16(8-6-15)23-21(30-3)12-10-18(26-23)19(27)14-25-24(28)17-9-11-20(29-2)22(13-17)31-4/h5-13H,14H2,1-4H3,(H,25,28). The number of ketones is 1. The number of rotatable bonds is 8. The highest BCUT2D eigenvalue weighted by Gasteiger charge is 2.16. The van der Waals surface area contributed by atoms with Gasteiger partial charge in [0.2, 0.25) is 0 Å². The molecule has 160 valence electrons. The molecule has 0 unspecified atom stereocenters. The first-order valence-corrected chi connectivity index (χ1v) is 9.62. The van der Waals surface area contributed by atoms with E-state index >= 15 is 0 Å². The number of methoxy groups -OCH3 is 3. The predicted molar refractivity (Wildman–Crippen MR) is 117 cm³/mol. The van der Waals surface area contributed by atoms with Gasteiger partial charge in [0.05, 0.1) is 27.9 Å². The first kappa shape index (κ1) is 21.8. The second-order valence-corrected chi connectivity index (χ2v) is 6.79. The predicted octanol–water partition coefficient (Wildman–Crippen LogP) is 3.70. The number of nitrogens with zero attached hydrogens (tertiary/aromatic N) is 1. The summed E-state index contributed by atoms with van der Waals surface area (Å²) in [5.41, 5.74) is 3.12.